The van der Waals surface area contributed by atoms with Crippen LogP contribution >= 0.6 is 11.3 Å². The molecule has 0 bridgehead atoms. The summed E-state index contributed by atoms with van der Waals surface area (Å²) in [5.41, 5.74) is 3.86. The van der Waals surface area contributed by atoms with Gasteiger partial charge in [-0.05, 0) is 5.56 Å². The van der Waals surface area contributed by atoms with Crippen LogP contribution < -0.4 is 10.7 Å². The van der Waals surface area contributed by atoms with Crippen LogP contribution in [0.2, 0.25) is 0 Å². The molecule has 7 nitrogen and oxygen atoms in total. The number of benzene rings is 2. The molecule has 2 amide bonds. The van der Waals surface area contributed by atoms with Gasteiger partial charge in [-0.15, -0.1) is 10.2 Å². The smallest absolute Gasteiger partial charge is 0.292 e. The first-order valence-corrected chi connectivity index (χ1v) is 8.12. The number of carbonyl (C=O) groups is 2. The van der Waals surface area contributed by atoms with Crippen molar-refractivity contribution in [3.05, 3.63) is 66.2 Å². The second-order valence-corrected chi connectivity index (χ2v) is 5.82. The van der Waals surface area contributed by atoms with Gasteiger partial charge in [0.25, 0.3) is 0 Å². The lowest BCUT2D eigenvalue weighted by molar-refractivity contribution is -0.136. The van der Waals surface area contributed by atoms with Crippen LogP contribution in [0.1, 0.15) is 5.56 Å². The van der Waals surface area contributed by atoms with Crippen molar-refractivity contribution < 1.29 is 9.59 Å². The first-order chi connectivity index (χ1) is 12.2. The van der Waals surface area contributed by atoms with Gasteiger partial charge in [0.1, 0.15) is 5.01 Å². The molecule has 3 rings (SSSR count). The minimum atomic E-state index is -0.886. The summed E-state index contributed by atoms with van der Waals surface area (Å²) in [7, 11) is 0. The van der Waals surface area contributed by atoms with Gasteiger partial charge in [-0.3, -0.25) is 14.9 Å². The average Bonchev–Trinajstić information content (AvgIpc) is 3.12. The summed E-state index contributed by atoms with van der Waals surface area (Å²) < 4.78 is 0. The normalized spacial score (nSPS) is 10.6. The van der Waals surface area contributed by atoms with E-state index in [1.165, 1.54) is 17.6 Å². The first kappa shape index (κ1) is 16.5. The Labute approximate surface area is 147 Å². The number of hydrogen-bond donors (Lipinski definition) is 2. The van der Waals surface area contributed by atoms with Crippen LogP contribution in [0.15, 0.2) is 65.8 Å². The van der Waals surface area contributed by atoms with Crippen LogP contribution in [-0.2, 0) is 9.59 Å². The third-order valence-corrected chi connectivity index (χ3v) is 3.94. The van der Waals surface area contributed by atoms with Crippen LogP contribution in [-0.4, -0.2) is 28.2 Å². The molecule has 8 heteroatoms. The summed E-state index contributed by atoms with van der Waals surface area (Å²) in [6.45, 7) is 0. The molecule has 1 heterocycles. The highest BCUT2D eigenvalue weighted by Gasteiger charge is 2.16. The van der Waals surface area contributed by atoms with Gasteiger partial charge in [0.15, 0.2) is 0 Å². The van der Waals surface area contributed by atoms with Crippen molar-refractivity contribution in [3.63, 3.8) is 0 Å². The summed E-state index contributed by atoms with van der Waals surface area (Å²) in [4.78, 5) is 23.6. The minimum Gasteiger partial charge on any atom is -0.292 e. The molecule has 2 aromatic carbocycles. The molecule has 2 N–H and O–H groups in total. The predicted molar refractivity (Wildman–Crippen MR) is 96.2 cm³/mol. The van der Waals surface area contributed by atoms with Gasteiger partial charge < -0.3 is 0 Å². The third kappa shape index (κ3) is 4.55. The molecule has 0 aliphatic carbocycles. The predicted octanol–water partition coefficient (Wildman–Crippen LogP) is 2.29. The Balaban J connectivity index is 1.56. The van der Waals surface area contributed by atoms with Crippen LogP contribution in [0, 0.1) is 0 Å². The average molecular weight is 351 g/mol. The van der Waals surface area contributed by atoms with Gasteiger partial charge in [0, 0.05) is 5.56 Å². The van der Waals surface area contributed by atoms with E-state index in [0.717, 1.165) is 11.1 Å². The molecule has 0 aliphatic rings. The number of hydrogen-bond acceptors (Lipinski definition) is 6. The lowest BCUT2D eigenvalue weighted by Crippen LogP contribution is -2.32. The molecule has 25 heavy (non-hydrogen) atoms. The van der Waals surface area contributed by atoms with Gasteiger partial charge in [0.2, 0.25) is 5.13 Å². The Morgan fingerprint density at radius 2 is 1.60 bits per heavy atom. The number of carbonyl (C=O) groups excluding carboxylic acids is 2. The summed E-state index contributed by atoms with van der Waals surface area (Å²) in [5.74, 6) is -1.75. The van der Waals surface area contributed by atoms with E-state index >= 15 is 0 Å². The second kappa shape index (κ2) is 7.93. The Morgan fingerprint density at radius 3 is 2.32 bits per heavy atom. The SMILES string of the molecule is O=C(N/N=C/c1ccccc1)C(=O)Nc1nnc(-c2ccccc2)s1. The van der Waals surface area contributed by atoms with E-state index in [2.05, 4.69) is 26.0 Å². The highest BCUT2D eigenvalue weighted by Crippen LogP contribution is 2.25. The van der Waals surface area contributed by atoms with Crippen molar-refractivity contribution in [2.75, 3.05) is 5.32 Å². The quantitative estimate of drug-likeness (QED) is 0.428. The summed E-state index contributed by atoms with van der Waals surface area (Å²) in [6, 6.07) is 18.6. The van der Waals surface area contributed by atoms with Crippen molar-refractivity contribution in [1.29, 1.82) is 0 Å². The number of hydrazone groups is 1. The monoisotopic (exact) mass is 351 g/mol. The van der Waals surface area contributed by atoms with Crippen LogP contribution in [0.5, 0.6) is 0 Å². The highest BCUT2D eigenvalue weighted by atomic mass is 32.1. The van der Waals surface area contributed by atoms with E-state index in [9.17, 15) is 9.59 Å². The third-order valence-electron chi connectivity index (χ3n) is 3.05. The summed E-state index contributed by atoms with van der Waals surface area (Å²) >= 11 is 1.18. The zero-order chi connectivity index (χ0) is 17.5. The number of anilines is 1. The van der Waals surface area contributed by atoms with Crippen molar-refractivity contribution in [2.45, 2.75) is 0 Å². The molecule has 0 saturated carbocycles. The molecule has 0 unspecified atom stereocenters. The Kier molecular flexibility index (Phi) is 5.22. The lowest BCUT2D eigenvalue weighted by atomic mass is 10.2. The second-order valence-electron chi connectivity index (χ2n) is 4.84. The molecule has 0 saturated heterocycles. The van der Waals surface area contributed by atoms with Crippen LogP contribution in [0.25, 0.3) is 10.6 Å². The molecule has 1 aromatic heterocycles. The maximum atomic E-state index is 11.8. The molecule has 0 atom stereocenters. The lowest BCUT2D eigenvalue weighted by Gasteiger charge is -1.99. The van der Waals surface area contributed by atoms with Crippen molar-refractivity contribution in [1.82, 2.24) is 15.6 Å². The van der Waals surface area contributed by atoms with E-state index < -0.39 is 11.8 Å². The van der Waals surface area contributed by atoms with Crippen molar-refractivity contribution in [2.24, 2.45) is 5.10 Å². The number of amides is 2. The number of nitrogens with one attached hydrogen (secondary N) is 2. The van der Waals surface area contributed by atoms with Crippen LogP contribution in [0.3, 0.4) is 0 Å². The Morgan fingerprint density at radius 1 is 0.920 bits per heavy atom. The van der Waals surface area contributed by atoms with Gasteiger partial charge in [-0.1, -0.05) is 72.0 Å². The fourth-order valence-corrected chi connectivity index (χ4v) is 2.62. The highest BCUT2D eigenvalue weighted by molar-refractivity contribution is 7.18. The zero-order valence-corrected chi connectivity index (χ0v) is 13.7. The van der Waals surface area contributed by atoms with Crippen molar-refractivity contribution >= 4 is 34.5 Å². The topological polar surface area (TPSA) is 96.3 Å². The summed E-state index contributed by atoms with van der Waals surface area (Å²) in [5, 5.41) is 14.9. The van der Waals surface area contributed by atoms with E-state index in [1.807, 2.05) is 60.7 Å². The molecule has 0 fully saturated rings. The van der Waals surface area contributed by atoms with Crippen LogP contribution in [0.4, 0.5) is 5.13 Å². The molecule has 3 aromatic rings. The van der Waals surface area contributed by atoms with E-state index in [-0.39, 0.29) is 5.13 Å². The molecular weight excluding hydrogens is 338 g/mol. The first-order valence-electron chi connectivity index (χ1n) is 7.31. The fourth-order valence-electron chi connectivity index (χ4n) is 1.88. The van der Waals surface area contributed by atoms with Gasteiger partial charge in [-0.25, -0.2) is 5.43 Å². The Bertz CT molecular complexity index is 894. The van der Waals surface area contributed by atoms with E-state index in [4.69, 9.17) is 0 Å². The largest absolute Gasteiger partial charge is 0.329 e. The summed E-state index contributed by atoms with van der Waals surface area (Å²) in [6.07, 6.45) is 1.45. The maximum Gasteiger partial charge on any atom is 0.329 e. The standard InChI is InChI=1S/C17H13N5O2S/c23-14(15(24)20-18-11-12-7-3-1-4-8-12)19-17-22-21-16(25-17)13-9-5-2-6-10-13/h1-11H,(H,20,24)(H,19,22,23)/b18-11+. The number of rotatable bonds is 4. The number of nitrogens with zero attached hydrogens (tertiary/aromatic N) is 3. The molecular formula is C17H13N5O2S. The van der Waals surface area contributed by atoms with E-state index in [1.54, 1.807) is 0 Å². The maximum absolute atomic E-state index is 11.8. The zero-order valence-electron chi connectivity index (χ0n) is 12.9. The fraction of sp³-hybridized carbons (Fsp3) is 0. The molecule has 0 radical (unpaired) electrons. The Hall–Kier alpha value is -3.39. The minimum absolute atomic E-state index is 0.242. The van der Waals surface area contributed by atoms with Crippen molar-refractivity contribution in [3.8, 4) is 10.6 Å². The molecule has 0 aliphatic heterocycles. The molecule has 124 valence electrons. The molecule has 0 spiro atoms. The van der Waals surface area contributed by atoms with E-state index in [0.29, 0.717) is 5.01 Å². The van der Waals surface area contributed by atoms with Gasteiger partial charge in [-0.2, -0.15) is 5.10 Å². The van der Waals surface area contributed by atoms with Gasteiger partial charge in [0.05, 0.1) is 6.21 Å². The van der Waals surface area contributed by atoms with Gasteiger partial charge >= 0.3 is 11.8 Å². The number of aromatic nitrogens is 2.